The highest BCUT2D eigenvalue weighted by molar-refractivity contribution is 9.10. The van der Waals surface area contributed by atoms with E-state index >= 15 is 0 Å². The normalized spacial score (nSPS) is 10.6. The van der Waals surface area contributed by atoms with Crippen LogP contribution in [0.2, 0.25) is 0 Å². The zero-order valence-corrected chi connectivity index (χ0v) is 11.6. The van der Waals surface area contributed by atoms with Gasteiger partial charge in [-0.25, -0.2) is 4.98 Å². The second-order valence-electron chi connectivity index (χ2n) is 3.74. The topological polar surface area (TPSA) is 12.9 Å². The molecule has 0 radical (unpaired) electrons. The van der Waals surface area contributed by atoms with Crippen molar-refractivity contribution in [1.29, 1.82) is 0 Å². The molecule has 0 atom stereocenters. The van der Waals surface area contributed by atoms with Gasteiger partial charge >= 0.3 is 0 Å². The lowest BCUT2D eigenvalue weighted by atomic mass is 10.2. The standard InChI is InChI=1S/C13H14BrNS/c1-2-3-4-13-15-12(9-16-13)10-5-7-11(14)8-6-10/h5-9H,2-4H2,1H3. The zero-order chi connectivity index (χ0) is 11.4. The number of rotatable bonds is 4. The lowest BCUT2D eigenvalue weighted by Crippen LogP contribution is -1.83. The fourth-order valence-corrected chi connectivity index (χ4v) is 2.62. The van der Waals surface area contributed by atoms with E-state index in [2.05, 4.69) is 57.5 Å². The van der Waals surface area contributed by atoms with Gasteiger partial charge in [-0.1, -0.05) is 41.4 Å². The first-order valence-electron chi connectivity index (χ1n) is 5.50. The molecule has 3 heteroatoms. The molecule has 0 spiro atoms. The maximum Gasteiger partial charge on any atom is 0.0932 e. The predicted molar refractivity (Wildman–Crippen MR) is 73.9 cm³/mol. The Labute approximate surface area is 109 Å². The van der Waals surface area contributed by atoms with Gasteiger partial charge < -0.3 is 0 Å². The molecular formula is C13H14BrNS. The number of halogens is 1. The molecule has 0 unspecified atom stereocenters. The first-order valence-corrected chi connectivity index (χ1v) is 7.17. The zero-order valence-electron chi connectivity index (χ0n) is 9.24. The van der Waals surface area contributed by atoms with Gasteiger partial charge in [-0.2, -0.15) is 0 Å². The summed E-state index contributed by atoms with van der Waals surface area (Å²) >= 11 is 5.21. The third-order valence-corrected chi connectivity index (χ3v) is 3.87. The van der Waals surface area contributed by atoms with Crippen LogP contribution in [0.1, 0.15) is 24.8 Å². The molecule has 16 heavy (non-hydrogen) atoms. The van der Waals surface area contributed by atoms with E-state index in [1.165, 1.54) is 23.4 Å². The van der Waals surface area contributed by atoms with E-state index in [4.69, 9.17) is 0 Å². The highest BCUT2D eigenvalue weighted by atomic mass is 79.9. The summed E-state index contributed by atoms with van der Waals surface area (Å²) in [4.78, 5) is 4.65. The Kier molecular flexibility index (Phi) is 4.13. The fraction of sp³-hybridized carbons (Fsp3) is 0.308. The van der Waals surface area contributed by atoms with Crippen LogP contribution in [0.25, 0.3) is 11.3 Å². The molecule has 0 aliphatic carbocycles. The second kappa shape index (κ2) is 5.60. The monoisotopic (exact) mass is 295 g/mol. The summed E-state index contributed by atoms with van der Waals surface area (Å²) in [7, 11) is 0. The van der Waals surface area contributed by atoms with Gasteiger partial charge in [-0.3, -0.25) is 0 Å². The number of hydrogen-bond donors (Lipinski definition) is 0. The molecule has 0 aliphatic heterocycles. The van der Waals surface area contributed by atoms with E-state index in [-0.39, 0.29) is 0 Å². The van der Waals surface area contributed by atoms with Crippen molar-refractivity contribution in [2.45, 2.75) is 26.2 Å². The average molecular weight is 296 g/mol. The third-order valence-electron chi connectivity index (χ3n) is 2.44. The van der Waals surface area contributed by atoms with Gasteiger partial charge in [0.15, 0.2) is 0 Å². The van der Waals surface area contributed by atoms with Gasteiger partial charge in [0, 0.05) is 15.4 Å². The molecule has 1 heterocycles. The number of unbranched alkanes of at least 4 members (excludes halogenated alkanes) is 1. The van der Waals surface area contributed by atoms with E-state index in [9.17, 15) is 0 Å². The Morgan fingerprint density at radius 3 is 2.69 bits per heavy atom. The van der Waals surface area contributed by atoms with Crippen molar-refractivity contribution in [3.05, 3.63) is 39.1 Å². The van der Waals surface area contributed by atoms with Crippen LogP contribution < -0.4 is 0 Å². The van der Waals surface area contributed by atoms with Gasteiger partial charge in [0.25, 0.3) is 0 Å². The number of aryl methyl sites for hydroxylation is 1. The molecule has 0 saturated heterocycles. The molecule has 1 aromatic heterocycles. The predicted octanol–water partition coefficient (Wildman–Crippen LogP) is 4.92. The van der Waals surface area contributed by atoms with E-state index in [0.29, 0.717) is 0 Å². The number of benzene rings is 1. The van der Waals surface area contributed by atoms with E-state index in [0.717, 1.165) is 16.6 Å². The van der Waals surface area contributed by atoms with Crippen molar-refractivity contribution in [1.82, 2.24) is 4.98 Å². The summed E-state index contributed by atoms with van der Waals surface area (Å²) in [6, 6.07) is 8.31. The highest BCUT2D eigenvalue weighted by Crippen LogP contribution is 2.24. The second-order valence-corrected chi connectivity index (χ2v) is 5.60. The van der Waals surface area contributed by atoms with Crippen molar-refractivity contribution in [2.24, 2.45) is 0 Å². The molecule has 2 aromatic rings. The Morgan fingerprint density at radius 1 is 1.25 bits per heavy atom. The molecule has 0 aliphatic rings. The first-order chi connectivity index (χ1) is 7.79. The molecule has 0 saturated carbocycles. The van der Waals surface area contributed by atoms with Crippen LogP contribution in [0.3, 0.4) is 0 Å². The van der Waals surface area contributed by atoms with Crippen LogP contribution in [0.5, 0.6) is 0 Å². The lowest BCUT2D eigenvalue weighted by Gasteiger charge is -1.96. The van der Waals surface area contributed by atoms with Gasteiger partial charge in [0.05, 0.1) is 10.7 Å². The summed E-state index contributed by atoms with van der Waals surface area (Å²) in [6.07, 6.45) is 3.57. The quantitative estimate of drug-likeness (QED) is 0.780. The summed E-state index contributed by atoms with van der Waals surface area (Å²) < 4.78 is 1.11. The number of aromatic nitrogens is 1. The summed E-state index contributed by atoms with van der Waals surface area (Å²) in [6.45, 7) is 2.21. The SMILES string of the molecule is CCCCc1nc(-c2ccc(Br)cc2)cs1. The number of hydrogen-bond acceptors (Lipinski definition) is 2. The molecule has 2 rings (SSSR count). The molecule has 0 amide bonds. The molecule has 0 fully saturated rings. The Balaban J connectivity index is 2.15. The minimum Gasteiger partial charge on any atom is -0.241 e. The Bertz CT molecular complexity index is 447. The number of thiazole rings is 1. The molecule has 1 nitrogen and oxygen atoms in total. The van der Waals surface area contributed by atoms with Gasteiger partial charge in [0.2, 0.25) is 0 Å². The van der Waals surface area contributed by atoms with Crippen LogP contribution in [-0.2, 0) is 6.42 Å². The molecule has 1 aromatic carbocycles. The van der Waals surface area contributed by atoms with E-state index in [1.54, 1.807) is 11.3 Å². The van der Waals surface area contributed by atoms with Crippen LogP contribution >= 0.6 is 27.3 Å². The van der Waals surface area contributed by atoms with Crippen LogP contribution in [0.4, 0.5) is 0 Å². The van der Waals surface area contributed by atoms with Crippen molar-refractivity contribution in [3.8, 4) is 11.3 Å². The Morgan fingerprint density at radius 2 is 2.00 bits per heavy atom. The largest absolute Gasteiger partial charge is 0.241 e. The molecule has 0 bridgehead atoms. The van der Waals surface area contributed by atoms with Crippen molar-refractivity contribution < 1.29 is 0 Å². The lowest BCUT2D eigenvalue weighted by molar-refractivity contribution is 0.790. The van der Waals surface area contributed by atoms with Crippen molar-refractivity contribution in [2.75, 3.05) is 0 Å². The molecule has 84 valence electrons. The van der Waals surface area contributed by atoms with Gasteiger partial charge in [-0.05, 0) is 25.0 Å². The van der Waals surface area contributed by atoms with Crippen molar-refractivity contribution in [3.63, 3.8) is 0 Å². The Hall–Kier alpha value is -0.670. The van der Waals surface area contributed by atoms with Crippen LogP contribution in [0.15, 0.2) is 34.1 Å². The summed E-state index contributed by atoms with van der Waals surface area (Å²) in [5.41, 5.74) is 2.30. The average Bonchev–Trinajstić information content (AvgIpc) is 2.76. The third kappa shape index (κ3) is 2.92. The van der Waals surface area contributed by atoms with Gasteiger partial charge in [0.1, 0.15) is 0 Å². The van der Waals surface area contributed by atoms with E-state index in [1.807, 2.05) is 0 Å². The smallest absolute Gasteiger partial charge is 0.0932 e. The van der Waals surface area contributed by atoms with Crippen LogP contribution in [0, 0.1) is 0 Å². The van der Waals surface area contributed by atoms with Crippen molar-refractivity contribution >= 4 is 27.3 Å². The minimum atomic E-state index is 1.10. The minimum absolute atomic E-state index is 1.10. The first kappa shape index (κ1) is 11.8. The van der Waals surface area contributed by atoms with Crippen LogP contribution in [-0.4, -0.2) is 4.98 Å². The van der Waals surface area contributed by atoms with E-state index < -0.39 is 0 Å². The van der Waals surface area contributed by atoms with Gasteiger partial charge in [-0.15, -0.1) is 11.3 Å². The maximum absolute atomic E-state index is 4.65. The fourth-order valence-electron chi connectivity index (χ4n) is 1.51. The molecule has 0 N–H and O–H groups in total. The summed E-state index contributed by atoms with van der Waals surface area (Å²) in [5.74, 6) is 0. The molecular weight excluding hydrogens is 282 g/mol. The summed E-state index contributed by atoms with van der Waals surface area (Å²) in [5, 5.41) is 3.40. The highest BCUT2D eigenvalue weighted by Gasteiger charge is 2.03. The number of nitrogens with zero attached hydrogens (tertiary/aromatic N) is 1. The maximum atomic E-state index is 4.65.